The molecule has 0 aliphatic carbocycles. The third-order valence-electron chi connectivity index (χ3n) is 3.74. The number of hydrogen-bond acceptors (Lipinski definition) is 2. The monoisotopic (exact) mass is 282 g/mol. The Balaban J connectivity index is 2.83. The van der Waals surface area contributed by atoms with Crippen molar-refractivity contribution >= 4 is 11.8 Å². The van der Waals surface area contributed by atoms with E-state index in [0.29, 0.717) is 18.8 Å². The first-order valence-corrected chi connectivity index (χ1v) is 7.70. The first-order valence-electron chi connectivity index (χ1n) is 7.70. The van der Waals surface area contributed by atoms with Gasteiger partial charge in [0.1, 0.15) is 6.04 Å². The lowest BCUT2D eigenvalue weighted by molar-refractivity contribution is -0.135. The van der Waals surface area contributed by atoms with Crippen molar-refractivity contribution in [2.75, 3.05) is 6.54 Å². The summed E-state index contributed by atoms with van der Waals surface area (Å²) in [5, 5.41) is 2.89. The molecule has 1 fully saturated rings. The molecule has 2 amide bonds. The molecule has 116 valence electrons. The van der Waals surface area contributed by atoms with E-state index < -0.39 is 0 Å². The lowest BCUT2D eigenvalue weighted by atomic mass is 9.91. The summed E-state index contributed by atoms with van der Waals surface area (Å²) < 4.78 is 0. The molecule has 1 rings (SSSR count). The Morgan fingerprint density at radius 2 is 1.90 bits per heavy atom. The van der Waals surface area contributed by atoms with Crippen LogP contribution in [0.5, 0.6) is 0 Å². The average molecular weight is 282 g/mol. The molecule has 0 aromatic carbocycles. The standard InChI is InChI=1S/C16H30N2O2/c1-11(2)9-13-15(20)18(8-7-16(4,5)6)12(3)10-14(19)17-13/h11-13H,7-10H2,1-6H3,(H,17,19). The van der Waals surface area contributed by atoms with Crippen LogP contribution < -0.4 is 5.32 Å². The molecule has 4 nitrogen and oxygen atoms in total. The maximum absolute atomic E-state index is 12.7. The third-order valence-corrected chi connectivity index (χ3v) is 3.74. The molecule has 0 aromatic heterocycles. The summed E-state index contributed by atoms with van der Waals surface area (Å²) in [6.45, 7) is 13.4. The van der Waals surface area contributed by atoms with Crippen LogP contribution in [0, 0.1) is 11.3 Å². The molecule has 0 spiro atoms. The molecule has 0 aromatic rings. The lowest BCUT2D eigenvalue weighted by Gasteiger charge is -2.31. The minimum absolute atomic E-state index is 0.00485. The normalized spacial score (nSPS) is 24.9. The van der Waals surface area contributed by atoms with Crippen LogP contribution in [0.25, 0.3) is 0 Å². The van der Waals surface area contributed by atoms with Crippen LogP contribution in [0.4, 0.5) is 0 Å². The van der Waals surface area contributed by atoms with Crippen molar-refractivity contribution in [2.45, 2.75) is 72.9 Å². The number of nitrogens with one attached hydrogen (secondary N) is 1. The van der Waals surface area contributed by atoms with E-state index in [1.165, 1.54) is 0 Å². The zero-order valence-electron chi connectivity index (χ0n) is 13.8. The second-order valence-corrected chi connectivity index (χ2v) is 7.65. The average Bonchev–Trinajstić information content (AvgIpc) is 2.33. The second-order valence-electron chi connectivity index (χ2n) is 7.65. The summed E-state index contributed by atoms with van der Waals surface area (Å²) in [5.74, 6) is 0.471. The number of nitrogens with zero attached hydrogens (tertiary/aromatic N) is 1. The SMILES string of the molecule is CC(C)CC1NC(=O)CC(C)N(CCC(C)(C)C)C1=O. The van der Waals surface area contributed by atoms with E-state index in [-0.39, 0.29) is 29.3 Å². The summed E-state index contributed by atoms with van der Waals surface area (Å²) in [6, 6.07) is -0.366. The fourth-order valence-electron chi connectivity index (χ4n) is 2.53. The fraction of sp³-hybridized carbons (Fsp3) is 0.875. The molecule has 0 radical (unpaired) electrons. The van der Waals surface area contributed by atoms with Crippen molar-refractivity contribution in [1.82, 2.24) is 10.2 Å². The Kier molecular flexibility index (Phi) is 5.60. The summed E-state index contributed by atoms with van der Waals surface area (Å²) in [4.78, 5) is 26.5. The topological polar surface area (TPSA) is 49.4 Å². The molecule has 20 heavy (non-hydrogen) atoms. The summed E-state index contributed by atoms with van der Waals surface area (Å²) in [6.07, 6.45) is 2.07. The molecular formula is C16H30N2O2. The zero-order valence-corrected chi connectivity index (χ0v) is 13.8. The van der Waals surface area contributed by atoms with Gasteiger partial charge in [-0.2, -0.15) is 0 Å². The summed E-state index contributed by atoms with van der Waals surface area (Å²) in [7, 11) is 0. The summed E-state index contributed by atoms with van der Waals surface area (Å²) >= 11 is 0. The largest absolute Gasteiger partial charge is 0.344 e. The summed E-state index contributed by atoms with van der Waals surface area (Å²) in [5.41, 5.74) is 0.192. The highest BCUT2D eigenvalue weighted by atomic mass is 16.2. The van der Waals surface area contributed by atoms with Crippen molar-refractivity contribution in [3.8, 4) is 0 Å². The van der Waals surface area contributed by atoms with Gasteiger partial charge >= 0.3 is 0 Å². The van der Waals surface area contributed by atoms with Gasteiger partial charge in [-0.05, 0) is 31.1 Å². The molecule has 2 unspecified atom stereocenters. The van der Waals surface area contributed by atoms with E-state index in [4.69, 9.17) is 0 Å². The van der Waals surface area contributed by atoms with E-state index >= 15 is 0 Å². The van der Waals surface area contributed by atoms with E-state index in [1.54, 1.807) is 0 Å². The molecule has 4 heteroatoms. The van der Waals surface area contributed by atoms with E-state index in [2.05, 4.69) is 39.9 Å². The molecule has 1 N–H and O–H groups in total. The smallest absolute Gasteiger partial charge is 0.245 e. The van der Waals surface area contributed by atoms with Crippen LogP contribution in [0.3, 0.4) is 0 Å². The highest BCUT2D eigenvalue weighted by Gasteiger charge is 2.34. The van der Waals surface area contributed by atoms with Gasteiger partial charge in [0.15, 0.2) is 0 Å². The van der Waals surface area contributed by atoms with Crippen molar-refractivity contribution in [3.63, 3.8) is 0 Å². The molecule has 1 aliphatic rings. The third kappa shape index (κ3) is 5.14. The molecule has 2 atom stereocenters. The highest BCUT2D eigenvalue weighted by molar-refractivity contribution is 5.90. The van der Waals surface area contributed by atoms with Crippen molar-refractivity contribution in [2.24, 2.45) is 11.3 Å². The number of amides is 2. The molecule has 1 heterocycles. The van der Waals surface area contributed by atoms with Gasteiger partial charge in [0.2, 0.25) is 11.8 Å². The van der Waals surface area contributed by atoms with Crippen LogP contribution in [0.1, 0.15) is 60.8 Å². The van der Waals surface area contributed by atoms with Gasteiger partial charge in [-0.15, -0.1) is 0 Å². The Hall–Kier alpha value is -1.06. The Labute approximate surface area is 123 Å². The molecule has 0 saturated carbocycles. The van der Waals surface area contributed by atoms with Crippen LogP contribution >= 0.6 is 0 Å². The van der Waals surface area contributed by atoms with Gasteiger partial charge in [-0.3, -0.25) is 9.59 Å². The first-order chi connectivity index (χ1) is 9.10. The Morgan fingerprint density at radius 3 is 2.40 bits per heavy atom. The van der Waals surface area contributed by atoms with Gasteiger partial charge < -0.3 is 10.2 Å². The van der Waals surface area contributed by atoms with Crippen LogP contribution in [-0.4, -0.2) is 35.3 Å². The van der Waals surface area contributed by atoms with Crippen LogP contribution in [0.2, 0.25) is 0 Å². The van der Waals surface area contributed by atoms with Crippen LogP contribution in [-0.2, 0) is 9.59 Å². The Bertz CT molecular complexity index is 358. The first kappa shape index (κ1) is 17.0. The van der Waals surface area contributed by atoms with Gasteiger partial charge in [0, 0.05) is 19.0 Å². The minimum Gasteiger partial charge on any atom is -0.344 e. The van der Waals surface area contributed by atoms with E-state index in [0.717, 1.165) is 13.0 Å². The number of carbonyl (C=O) groups excluding carboxylic acids is 2. The maximum Gasteiger partial charge on any atom is 0.245 e. The second kappa shape index (κ2) is 6.59. The fourth-order valence-corrected chi connectivity index (χ4v) is 2.53. The van der Waals surface area contributed by atoms with E-state index in [9.17, 15) is 9.59 Å². The molecule has 0 bridgehead atoms. The maximum atomic E-state index is 12.7. The quantitative estimate of drug-likeness (QED) is 0.861. The van der Waals surface area contributed by atoms with Crippen molar-refractivity contribution < 1.29 is 9.59 Å². The molecular weight excluding hydrogens is 252 g/mol. The van der Waals surface area contributed by atoms with Gasteiger partial charge in [0.05, 0.1) is 0 Å². The van der Waals surface area contributed by atoms with Crippen molar-refractivity contribution in [3.05, 3.63) is 0 Å². The zero-order chi connectivity index (χ0) is 15.5. The minimum atomic E-state index is -0.354. The number of hydrogen-bond donors (Lipinski definition) is 1. The van der Waals surface area contributed by atoms with Gasteiger partial charge in [-0.25, -0.2) is 0 Å². The van der Waals surface area contributed by atoms with Crippen LogP contribution in [0.15, 0.2) is 0 Å². The van der Waals surface area contributed by atoms with Gasteiger partial charge in [0.25, 0.3) is 0 Å². The lowest BCUT2D eigenvalue weighted by Crippen LogP contribution is -2.47. The number of carbonyl (C=O) groups is 2. The predicted molar refractivity (Wildman–Crippen MR) is 81.2 cm³/mol. The molecule has 1 saturated heterocycles. The van der Waals surface area contributed by atoms with Crippen molar-refractivity contribution in [1.29, 1.82) is 0 Å². The highest BCUT2D eigenvalue weighted by Crippen LogP contribution is 2.22. The van der Waals surface area contributed by atoms with Gasteiger partial charge in [-0.1, -0.05) is 34.6 Å². The molecule has 1 aliphatic heterocycles. The predicted octanol–water partition coefficient (Wildman–Crippen LogP) is 2.57. The van der Waals surface area contributed by atoms with E-state index in [1.807, 2.05) is 11.8 Å². The Morgan fingerprint density at radius 1 is 1.30 bits per heavy atom. The number of rotatable bonds is 4.